The van der Waals surface area contributed by atoms with Crippen LogP contribution in [0, 0.1) is 0 Å². The van der Waals surface area contributed by atoms with Gasteiger partial charge in [-0.1, -0.05) is 79.7 Å². The fourth-order valence-corrected chi connectivity index (χ4v) is 4.25. The second-order valence-electron chi connectivity index (χ2n) is 9.20. The lowest BCUT2D eigenvalue weighted by Gasteiger charge is -2.21. The molecule has 37 heavy (non-hydrogen) atoms. The topological polar surface area (TPSA) is 69.9 Å². The number of hydrogen-bond acceptors (Lipinski definition) is 7. The first-order valence-corrected chi connectivity index (χ1v) is 12.6. The van der Waals surface area contributed by atoms with Crippen molar-refractivity contribution in [3.8, 4) is 11.5 Å². The highest BCUT2D eigenvalue weighted by molar-refractivity contribution is 5.89. The van der Waals surface area contributed by atoms with E-state index in [1.165, 1.54) is 6.39 Å². The van der Waals surface area contributed by atoms with E-state index in [1.54, 1.807) is 0 Å². The van der Waals surface area contributed by atoms with Crippen LogP contribution in [0.3, 0.4) is 0 Å². The van der Waals surface area contributed by atoms with Gasteiger partial charge < -0.3 is 18.8 Å². The van der Waals surface area contributed by atoms with Crippen molar-refractivity contribution in [1.82, 2.24) is 15.2 Å². The predicted molar refractivity (Wildman–Crippen MR) is 142 cm³/mol. The fraction of sp³-hybridized carbons (Fsp3) is 0.267. The first-order chi connectivity index (χ1) is 18.1. The van der Waals surface area contributed by atoms with Crippen molar-refractivity contribution in [2.75, 3.05) is 13.1 Å². The zero-order valence-electron chi connectivity index (χ0n) is 21.4. The summed E-state index contributed by atoms with van der Waals surface area (Å²) in [6, 6.07) is 24.3. The summed E-state index contributed by atoms with van der Waals surface area (Å²) in [6.07, 6.45) is 1.33. The van der Waals surface area contributed by atoms with Crippen LogP contribution < -0.4 is 9.47 Å². The van der Waals surface area contributed by atoms with E-state index in [9.17, 15) is 0 Å². The molecule has 1 aliphatic heterocycles. The van der Waals surface area contributed by atoms with Crippen LogP contribution >= 0.6 is 0 Å². The summed E-state index contributed by atoms with van der Waals surface area (Å²) in [5.41, 5.74) is 4.93. The predicted octanol–water partition coefficient (Wildman–Crippen LogP) is 6.49. The van der Waals surface area contributed by atoms with E-state index >= 15 is 0 Å². The SMILES string of the molecule is CCN1CC(c2ncon2)=C(c2cc(C(C)C)c(OCc3ccccc3)cc2OCc2ccccc2)O1. The minimum atomic E-state index is 0.214. The molecule has 0 spiro atoms. The average Bonchev–Trinajstić information content (AvgIpc) is 3.62. The van der Waals surface area contributed by atoms with Gasteiger partial charge in [-0.2, -0.15) is 4.98 Å². The zero-order valence-corrected chi connectivity index (χ0v) is 21.4. The van der Waals surface area contributed by atoms with Crippen LogP contribution in [0.5, 0.6) is 11.5 Å². The van der Waals surface area contributed by atoms with Gasteiger partial charge in [0.15, 0.2) is 5.76 Å². The summed E-state index contributed by atoms with van der Waals surface area (Å²) in [4.78, 5) is 10.6. The summed E-state index contributed by atoms with van der Waals surface area (Å²) in [7, 11) is 0. The molecule has 0 saturated heterocycles. The highest BCUT2D eigenvalue weighted by Crippen LogP contribution is 2.42. The van der Waals surface area contributed by atoms with E-state index in [4.69, 9.17) is 18.8 Å². The van der Waals surface area contributed by atoms with E-state index in [0.717, 1.165) is 33.6 Å². The summed E-state index contributed by atoms with van der Waals surface area (Å²) < 4.78 is 17.8. The van der Waals surface area contributed by atoms with Gasteiger partial charge in [-0.3, -0.25) is 0 Å². The monoisotopic (exact) mass is 497 g/mol. The minimum Gasteiger partial charge on any atom is -0.488 e. The molecule has 0 amide bonds. The van der Waals surface area contributed by atoms with E-state index in [1.807, 2.05) is 66.6 Å². The van der Waals surface area contributed by atoms with Crippen LogP contribution in [0.2, 0.25) is 0 Å². The Labute approximate surface area is 217 Å². The number of benzene rings is 3. The average molecular weight is 498 g/mol. The molecule has 0 fully saturated rings. The maximum Gasteiger partial charge on any atom is 0.214 e. The van der Waals surface area contributed by atoms with Crippen LogP contribution in [-0.4, -0.2) is 28.3 Å². The Morgan fingerprint density at radius 1 is 0.892 bits per heavy atom. The quantitative estimate of drug-likeness (QED) is 0.248. The van der Waals surface area contributed by atoms with E-state index in [2.05, 4.69) is 42.2 Å². The van der Waals surface area contributed by atoms with Crippen LogP contribution in [0.25, 0.3) is 11.3 Å². The maximum atomic E-state index is 6.42. The number of nitrogens with zero attached hydrogens (tertiary/aromatic N) is 3. The molecule has 5 rings (SSSR count). The number of aromatic nitrogens is 2. The Balaban J connectivity index is 1.58. The zero-order chi connectivity index (χ0) is 25.6. The van der Waals surface area contributed by atoms with Crippen molar-refractivity contribution in [2.24, 2.45) is 0 Å². The van der Waals surface area contributed by atoms with Gasteiger partial charge in [-0.05, 0) is 35.6 Å². The largest absolute Gasteiger partial charge is 0.488 e. The van der Waals surface area contributed by atoms with Gasteiger partial charge in [0.1, 0.15) is 24.7 Å². The molecule has 7 heteroatoms. The van der Waals surface area contributed by atoms with Crippen LogP contribution in [0.15, 0.2) is 83.7 Å². The lowest BCUT2D eigenvalue weighted by atomic mass is 9.96. The molecule has 4 aromatic rings. The van der Waals surface area contributed by atoms with E-state index < -0.39 is 0 Å². The Hall–Kier alpha value is -4.10. The molecule has 0 atom stereocenters. The maximum absolute atomic E-state index is 6.42. The lowest BCUT2D eigenvalue weighted by molar-refractivity contribution is -0.0557. The molecule has 0 bridgehead atoms. The van der Waals surface area contributed by atoms with Crippen molar-refractivity contribution in [3.05, 3.63) is 107 Å². The summed E-state index contributed by atoms with van der Waals surface area (Å²) in [6.45, 7) is 8.49. The molecule has 0 radical (unpaired) electrons. The van der Waals surface area contributed by atoms with Crippen molar-refractivity contribution in [3.63, 3.8) is 0 Å². The molecule has 1 aromatic heterocycles. The number of hydroxylamine groups is 2. The van der Waals surface area contributed by atoms with Gasteiger partial charge in [0.25, 0.3) is 0 Å². The van der Waals surface area contributed by atoms with Crippen LogP contribution in [0.4, 0.5) is 0 Å². The van der Waals surface area contributed by atoms with Crippen LogP contribution in [0.1, 0.15) is 54.8 Å². The minimum absolute atomic E-state index is 0.214. The molecule has 2 heterocycles. The lowest BCUT2D eigenvalue weighted by Crippen LogP contribution is -2.18. The first kappa shape index (κ1) is 24.6. The van der Waals surface area contributed by atoms with Gasteiger partial charge >= 0.3 is 0 Å². The number of hydrogen-bond donors (Lipinski definition) is 0. The molecule has 0 aliphatic carbocycles. The Kier molecular flexibility index (Phi) is 7.51. The standard InChI is InChI=1S/C30H31N3O4/c1-4-33-17-26(30-31-20-36-32-30)29(37-33)25-15-24(21(2)3)27(34-18-22-11-7-5-8-12-22)16-28(25)35-19-23-13-9-6-10-14-23/h5-16,20-21H,4,17-19H2,1-3H3. The molecular formula is C30H31N3O4. The molecule has 190 valence electrons. The second-order valence-corrected chi connectivity index (χ2v) is 9.20. The second kappa shape index (κ2) is 11.3. The summed E-state index contributed by atoms with van der Waals surface area (Å²) in [5.74, 6) is 2.85. The van der Waals surface area contributed by atoms with E-state index in [-0.39, 0.29) is 5.92 Å². The Morgan fingerprint density at radius 2 is 1.54 bits per heavy atom. The van der Waals surface area contributed by atoms with Gasteiger partial charge in [0, 0.05) is 12.6 Å². The van der Waals surface area contributed by atoms with Gasteiger partial charge in [-0.15, -0.1) is 5.06 Å². The van der Waals surface area contributed by atoms with Crippen molar-refractivity contribution >= 4 is 11.3 Å². The highest BCUT2D eigenvalue weighted by atomic mass is 16.7. The molecule has 0 unspecified atom stereocenters. The Bertz CT molecular complexity index is 1340. The summed E-state index contributed by atoms with van der Waals surface area (Å²) >= 11 is 0. The van der Waals surface area contributed by atoms with Crippen molar-refractivity contribution in [2.45, 2.75) is 39.9 Å². The Morgan fingerprint density at radius 3 is 2.11 bits per heavy atom. The normalized spacial score (nSPS) is 13.7. The van der Waals surface area contributed by atoms with Crippen LogP contribution in [-0.2, 0) is 18.1 Å². The third-order valence-electron chi connectivity index (χ3n) is 6.27. The van der Waals surface area contributed by atoms with Gasteiger partial charge in [0.05, 0.1) is 17.7 Å². The van der Waals surface area contributed by atoms with E-state index in [0.29, 0.717) is 43.6 Å². The molecular weight excluding hydrogens is 466 g/mol. The van der Waals surface area contributed by atoms with Crippen molar-refractivity contribution in [1.29, 1.82) is 0 Å². The molecule has 7 nitrogen and oxygen atoms in total. The fourth-order valence-electron chi connectivity index (χ4n) is 4.25. The third-order valence-corrected chi connectivity index (χ3v) is 6.27. The number of likely N-dealkylation sites (N-methyl/N-ethyl adjacent to an activating group) is 1. The molecule has 3 aromatic carbocycles. The highest BCUT2D eigenvalue weighted by Gasteiger charge is 2.31. The molecule has 1 aliphatic rings. The molecule has 0 saturated carbocycles. The van der Waals surface area contributed by atoms with Crippen molar-refractivity contribution < 1.29 is 18.8 Å². The smallest absolute Gasteiger partial charge is 0.214 e. The molecule has 0 N–H and O–H groups in total. The summed E-state index contributed by atoms with van der Waals surface area (Å²) in [5, 5.41) is 5.96. The first-order valence-electron chi connectivity index (χ1n) is 12.6. The number of ether oxygens (including phenoxy) is 2. The number of rotatable bonds is 10. The van der Waals surface area contributed by atoms with Gasteiger partial charge in [0.2, 0.25) is 12.2 Å². The third kappa shape index (κ3) is 5.67. The van der Waals surface area contributed by atoms with Gasteiger partial charge in [-0.25, -0.2) is 0 Å².